The molecule has 2 rings (SSSR count). The zero-order chi connectivity index (χ0) is 13.5. The standard InChI is InChI=1S/C12H17N3O2S/c1-8(2)14-18(16,17)12-11-7-9(3)5-6-15(11)10(4)13-12/h5-8,14H,1-4H3. The van der Waals surface area contributed by atoms with Crippen molar-refractivity contribution in [1.82, 2.24) is 14.1 Å². The Labute approximate surface area is 107 Å². The Morgan fingerprint density at radius 2 is 2.00 bits per heavy atom. The van der Waals surface area contributed by atoms with Crippen LogP contribution in [0.4, 0.5) is 0 Å². The van der Waals surface area contributed by atoms with Crippen molar-refractivity contribution >= 4 is 15.5 Å². The highest BCUT2D eigenvalue weighted by molar-refractivity contribution is 7.89. The maximum Gasteiger partial charge on any atom is 0.260 e. The summed E-state index contributed by atoms with van der Waals surface area (Å²) in [5, 5.41) is 0.0948. The number of aryl methyl sites for hydroxylation is 2. The van der Waals surface area contributed by atoms with E-state index in [1.54, 1.807) is 25.2 Å². The summed E-state index contributed by atoms with van der Waals surface area (Å²) in [6.45, 7) is 7.28. The van der Waals surface area contributed by atoms with Gasteiger partial charge in [-0.05, 0) is 45.4 Å². The minimum atomic E-state index is -3.56. The molecule has 0 aliphatic carbocycles. The van der Waals surface area contributed by atoms with Crippen molar-refractivity contribution < 1.29 is 8.42 Å². The van der Waals surface area contributed by atoms with Crippen molar-refractivity contribution in [3.05, 3.63) is 29.7 Å². The quantitative estimate of drug-likeness (QED) is 0.919. The van der Waals surface area contributed by atoms with E-state index in [1.165, 1.54) is 0 Å². The van der Waals surface area contributed by atoms with Crippen LogP contribution in [0.5, 0.6) is 0 Å². The number of aromatic nitrogens is 2. The largest absolute Gasteiger partial charge is 0.303 e. The van der Waals surface area contributed by atoms with Gasteiger partial charge in [-0.2, -0.15) is 0 Å². The molecule has 5 nitrogen and oxygen atoms in total. The van der Waals surface area contributed by atoms with Crippen LogP contribution in [0.3, 0.4) is 0 Å². The lowest BCUT2D eigenvalue weighted by atomic mass is 10.3. The lowest BCUT2D eigenvalue weighted by Crippen LogP contribution is -2.30. The molecule has 0 aromatic carbocycles. The van der Waals surface area contributed by atoms with E-state index in [2.05, 4.69) is 9.71 Å². The van der Waals surface area contributed by atoms with Crippen LogP contribution in [0.1, 0.15) is 25.2 Å². The number of hydrogen-bond donors (Lipinski definition) is 1. The van der Waals surface area contributed by atoms with Gasteiger partial charge in [-0.3, -0.25) is 0 Å². The van der Waals surface area contributed by atoms with Crippen LogP contribution in [-0.2, 0) is 10.0 Å². The zero-order valence-corrected chi connectivity index (χ0v) is 11.7. The molecule has 0 aliphatic heterocycles. The minimum Gasteiger partial charge on any atom is -0.303 e. The maximum atomic E-state index is 12.2. The molecule has 0 spiro atoms. The fourth-order valence-corrected chi connectivity index (χ4v) is 3.29. The van der Waals surface area contributed by atoms with Gasteiger partial charge < -0.3 is 4.40 Å². The predicted molar refractivity (Wildman–Crippen MR) is 70.1 cm³/mol. The Morgan fingerprint density at radius 3 is 2.61 bits per heavy atom. The van der Waals surface area contributed by atoms with Gasteiger partial charge >= 0.3 is 0 Å². The third kappa shape index (κ3) is 2.26. The van der Waals surface area contributed by atoms with E-state index in [4.69, 9.17) is 0 Å². The van der Waals surface area contributed by atoms with Gasteiger partial charge in [-0.25, -0.2) is 18.1 Å². The highest BCUT2D eigenvalue weighted by Crippen LogP contribution is 2.19. The van der Waals surface area contributed by atoms with E-state index >= 15 is 0 Å². The van der Waals surface area contributed by atoms with E-state index in [-0.39, 0.29) is 11.1 Å². The molecule has 0 radical (unpaired) electrons. The molecule has 0 saturated heterocycles. The highest BCUT2D eigenvalue weighted by atomic mass is 32.2. The lowest BCUT2D eigenvalue weighted by molar-refractivity contribution is 0.567. The number of nitrogens with one attached hydrogen (secondary N) is 1. The summed E-state index contributed by atoms with van der Waals surface area (Å²) in [5.74, 6) is 0.661. The second-order valence-corrected chi connectivity index (χ2v) is 6.33. The van der Waals surface area contributed by atoms with Crippen molar-refractivity contribution in [3.8, 4) is 0 Å². The van der Waals surface area contributed by atoms with E-state index in [9.17, 15) is 8.42 Å². The van der Waals surface area contributed by atoms with Crippen molar-refractivity contribution in [2.45, 2.75) is 38.8 Å². The van der Waals surface area contributed by atoms with Crippen LogP contribution in [0, 0.1) is 13.8 Å². The summed E-state index contributed by atoms with van der Waals surface area (Å²) in [5.41, 5.74) is 1.61. The molecule has 0 bridgehead atoms. The molecule has 2 aromatic rings. The summed E-state index contributed by atoms with van der Waals surface area (Å²) in [4.78, 5) is 4.17. The van der Waals surface area contributed by atoms with Crippen molar-refractivity contribution in [1.29, 1.82) is 0 Å². The molecule has 2 aromatic heterocycles. The van der Waals surface area contributed by atoms with Gasteiger partial charge in [0, 0.05) is 12.2 Å². The first-order valence-corrected chi connectivity index (χ1v) is 7.27. The van der Waals surface area contributed by atoms with E-state index < -0.39 is 10.0 Å². The van der Waals surface area contributed by atoms with Crippen LogP contribution < -0.4 is 4.72 Å². The summed E-state index contributed by atoms with van der Waals surface area (Å²) in [7, 11) is -3.56. The molecule has 6 heteroatoms. The predicted octanol–water partition coefficient (Wildman–Crippen LogP) is 1.64. The Balaban J connectivity index is 2.68. The van der Waals surface area contributed by atoms with Crippen molar-refractivity contribution in [2.75, 3.05) is 0 Å². The molecule has 0 aliphatic rings. The van der Waals surface area contributed by atoms with Crippen LogP contribution in [0.2, 0.25) is 0 Å². The zero-order valence-electron chi connectivity index (χ0n) is 10.9. The Hall–Kier alpha value is -1.40. The molecule has 98 valence electrons. The Bertz CT molecular complexity index is 687. The molecule has 0 saturated carbocycles. The fourth-order valence-electron chi connectivity index (χ4n) is 1.87. The second kappa shape index (κ2) is 4.37. The summed E-state index contributed by atoms with van der Waals surface area (Å²) < 4.78 is 28.7. The van der Waals surface area contributed by atoms with Gasteiger partial charge in [0.1, 0.15) is 5.82 Å². The van der Waals surface area contributed by atoms with Crippen LogP contribution in [0.15, 0.2) is 23.4 Å². The van der Waals surface area contributed by atoms with Crippen LogP contribution in [-0.4, -0.2) is 23.8 Å². The van der Waals surface area contributed by atoms with Crippen LogP contribution in [0.25, 0.3) is 5.52 Å². The molecule has 0 amide bonds. The lowest BCUT2D eigenvalue weighted by Gasteiger charge is -2.07. The fraction of sp³-hybridized carbons (Fsp3) is 0.417. The third-order valence-electron chi connectivity index (χ3n) is 2.59. The molecule has 1 N–H and O–H groups in total. The molecular weight excluding hydrogens is 250 g/mol. The molecule has 0 atom stereocenters. The number of hydrogen-bond acceptors (Lipinski definition) is 3. The van der Waals surface area contributed by atoms with Crippen molar-refractivity contribution in [2.24, 2.45) is 0 Å². The number of fused-ring (bicyclic) bond motifs is 1. The normalized spacial score (nSPS) is 12.5. The topological polar surface area (TPSA) is 63.5 Å². The van der Waals surface area contributed by atoms with Gasteiger partial charge in [0.05, 0.1) is 5.52 Å². The Morgan fingerprint density at radius 1 is 1.33 bits per heavy atom. The minimum absolute atomic E-state index is 0.0948. The van der Waals surface area contributed by atoms with E-state index in [0.29, 0.717) is 11.3 Å². The summed E-state index contributed by atoms with van der Waals surface area (Å²) in [6, 6.07) is 3.60. The van der Waals surface area contributed by atoms with E-state index in [0.717, 1.165) is 5.56 Å². The Kier molecular flexibility index (Phi) is 3.16. The summed E-state index contributed by atoms with van der Waals surface area (Å²) >= 11 is 0. The second-order valence-electron chi connectivity index (χ2n) is 4.70. The number of nitrogens with zero attached hydrogens (tertiary/aromatic N) is 2. The van der Waals surface area contributed by atoms with Crippen LogP contribution >= 0.6 is 0 Å². The molecule has 0 unspecified atom stereocenters. The molecule has 0 fully saturated rings. The monoisotopic (exact) mass is 267 g/mol. The van der Waals surface area contributed by atoms with E-state index in [1.807, 2.05) is 25.3 Å². The average molecular weight is 267 g/mol. The molecular formula is C12H17N3O2S. The molecule has 2 heterocycles. The first kappa shape index (κ1) is 13.0. The number of imidazole rings is 1. The van der Waals surface area contributed by atoms with Gasteiger partial charge in [-0.15, -0.1) is 0 Å². The van der Waals surface area contributed by atoms with Gasteiger partial charge in [0.15, 0.2) is 5.03 Å². The smallest absolute Gasteiger partial charge is 0.260 e. The molecule has 18 heavy (non-hydrogen) atoms. The van der Waals surface area contributed by atoms with Crippen molar-refractivity contribution in [3.63, 3.8) is 0 Å². The number of rotatable bonds is 3. The van der Waals surface area contributed by atoms with Gasteiger partial charge in [0.2, 0.25) is 0 Å². The highest BCUT2D eigenvalue weighted by Gasteiger charge is 2.22. The average Bonchev–Trinajstić information content (AvgIpc) is 2.54. The first-order valence-electron chi connectivity index (χ1n) is 5.79. The first-order chi connectivity index (χ1) is 8.31. The maximum absolute atomic E-state index is 12.2. The third-order valence-corrected chi connectivity index (χ3v) is 4.18. The number of pyridine rings is 1. The summed E-state index contributed by atoms with van der Waals surface area (Å²) in [6.07, 6.45) is 1.83. The van der Waals surface area contributed by atoms with Gasteiger partial charge in [-0.1, -0.05) is 0 Å². The van der Waals surface area contributed by atoms with Gasteiger partial charge in [0.25, 0.3) is 10.0 Å². The SMILES string of the molecule is Cc1ccn2c(C)nc(S(=O)(=O)NC(C)C)c2c1. The number of sulfonamides is 1.